The maximum atomic E-state index is 9.77. The van der Waals surface area contributed by atoms with Crippen LogP contribution in [0.15, 0.2) is 34.9 Å². The molecule has 0 spiro atoms. The first kappa shape index (κ1) is 11.3. The zero-order valence-electron chi connectivity index (χ0n) is 8.98. The quantitative estimate of drug-likeness (QED) is 0.663. The third-order valence-electron chi connectivity index (χ3n) is 2.58. The van der Waals surface area contributed by atoms with Gasteiger partial charge in [-0.2, -0.15) is 0 Å². The summed E-state index contributed by atoms with van der Waals surface area (Å²) in [5, 5.41) is 11.1. The van der Waals surface area contributed by atoms with Gasteiger partial charge in [-0.1, -0.05) is 23.7 Å². The predicted octanol–water partition coefficient (Wildman–Crippen LogP) is 3.91. The van der Waals surface area contributed by atoms with Gasteiger partial charge in [-0.3, -0.25) is 9.97 Å². The molecule has 0 radical (unpaired) electrons. The second-order valence-corrected chi connectivity index (χ2v) is 4.47. The van der Waals surface area contributed by atoms with E-state index in [1.807, 2.05) is 18.2 Å². The Labute approximate surface area is 112 Å². The molecule has 0 amide bonds. The van der Waals surface area contributed by atoms with Gasteiger partial charge >= 0.3 is 0 Å². The van der Waals surface area contributed by atoms with Crippen LogP contribution in [0.4, 0.5) is 0 Å². The normalized spacial score (nSPS) is 10.9. The van der Waals surface area contributed by atoms with E-state index in [1.165, 1.54) is 0 Å². The molecular weight excluding hydrogens is 272 g/mol. The van der Waals surface area contributed by atoms with Crippen molar-refractivity contribution >= 4 is 34.7 Å². The smallest absolute Gasteiger partial charge is 0.269 e. The molecule has 6 heteroatoms. The number of aromatic amines is 1. The van der Waals surface area contributed by atoms with Gasteiger partial charge in [0, 0.05) is 11.6 Å². The van der Waals surface area contributed by atoms with E-state index < -0.39 is 0 Å². The maximum Gasteiger partial charge on any atom is 0.269 e. The third kappa shape index (κ3) is 1.68. The number of oxazole rings is 1. The summed E-state index contributed by atoms with van der Waals surface area (Å²) in [4.78, 5) is 6.87. The summed E-state index contributed by atoms with van der Waals surface area (Å²) in [6, 6.07) is 7.31. The Morgan fingerprint density at radius 2 is 2.17 bits per heavy atom. The molecular formula is C12H7ClN2O2S. The largest absolute Gasteiger partial charge is 0.492 e. The number of rotatable bonds is 1. The number of halogens is 1. The molecule has 0 saturated carbocycles. The van der Waals surface area contributed by atoms with Crippen molar-refractivity contribution in [3.8, 4) is 17.2 Å². The van der Waals surface area contributed by atoms with Gasteiger partial charge < -0.3 is 9.52 Å². The van der Waals surface area contributed by atoms with Crippen LogP contribution in [0.5, 0.6) is 5.88 Å². The number of hydrogen-bond acceptors (Lipinski definition) is 4. The molecule has 3 rings (SSSR count). The number of aromatic nitrogens is 2. The van der Waals surface area contributed by atoms with E-state index in [-0.39, 0.29) is 16.5 Å². The van der Waals surface area contributed by atoms with Gasteiger partial charge in [0.25, 0.3) is 4.84 Å². The molecule has 4 nitrogen and oxygen atoms in total. The van der Waals surface area contributed by atoms with Crippen molar-refractivity contribution in [2.75, 3.05) is 0 Å². The highest BCUT2D eigenvalue weighted by molar-refractivity contribution is 7.71. The molecule has 0 aliphatic heterocycles. The second-order valence-electron chi connectivity index (χ2n) is 3.69. The predicted molar refractivity (Wildman–Crippen MR) is 71.3 cm³/mol. The minimum atomic E-state index is -0.153. The summed E-state index contributed by atoms with van der Waals surface area (Å²) in [5.41, 5.74) is 1.18. The topological polar surface area (TPSA) is 62.0 Å². The SMILES string of the molecule is Oc1[nH]c(=S)oc1-c1c(Cl)ccc2cccnc12. The van der Waals surface area contributed by atoms with E-state index >= 15 is 0 Å². The minimum Gasteiger partial charge on any atom is -0.492 e. The first-order valence-corrected chi connectivity index (χ1v) is 5.91. The number of H-pyrrole nitrogens is 1. The molecule has 18 heavy (non-hydrogen) atoms. The van der Waals surface area contributed by atoms with E-state index in [4.69, 9.17) is 28.2 Å². The zero-order valence-corrected chi connectivity index (χ0v) is 10.5. The van der Waals surface area contributed by atoms with E-state index in [0.29, 0.717) is 16.1 Å². The molecule has 2 N–H and O–H groups in total. The number of benzene rings is 1. The van der Waals surface area contributed by atoms with E-state index in [0.717, 1.165) is 5.39 Å². The van der Waals surface area contributed by atoms with Crippen molar-refractivity contribution in [2.45, 2.75) is 0 Å². The lowest BCUT2D eigenvalue weighted by Crippen LogP contribution is -1.85. The Kier molecular flexibility index (Phi) is 2.57. The highest BCUT2D eigenvalue weighted by atomic mass is 35.5. The first-order chi connectivity index (χ1) is 8.66. The fraction of sp³-hybridized carbons (Fsp3) is 0. The molecule has 0 aliphatic carbocycles. The van der Waals surface area contributed by atoms with Crippen LogP contribution in [0.2, 0.25) is 5.02 Å². The average Bonchev–Trinajstić information content (AvgIpc) is 2.68. The standard InChI is InChI=1S/C12H7ClN2O2S/c13-7-4-3-6-2-1-5-14-9(6)8(7)10-11(16)15-12(18)17-10/h1-5,16H,(H,15,18). The molecule has 0 fully saturated rings. The van der Waals surface area contributed by atoms with Gasteiger partial charge in [-0.25, -0.2) is 0 Å². The Hall–Kier alpha value is -1.85. The van der Waals surface area contributed by atoms with Gasteiger partial charge in [0.1, 0.15) is 0 Å². The first-order valence-electron chi connectivity index (χ1n) is 5.12. The Morgan fingerprint density at radius 3 is 2.89 bits per heavy atom. The average molecular weight is 279 g/mol. The van der Waals surface area contributed by atoms with Crippen LogP contribution in [0.1, 0.15) is 0 Å². The Morgan fingerprint density at radius 1 is 1.33 bits per heavy atom. The molecule has 3 aromatic rings. The summed E-state index contributed by atoms with van der Waals surface area (Å²) in [6.45, 7) is 0. The van der Waals surface area contributed by atoms with Crippen molar-refractivity contribution in [2.24, 2.45) is 0 Å². The van der Waals surface area contributed by atoms with Gasteiger partial charge in [-0.05, 0) is 24.4 Å². The fourth-order valence-corrected chi connectivity index (χ4v) is 2.24. The highest BCUT2D eigenvalue weighted by Gasteiger charge is 2.17. The van der Waals surface area contributed by atoms with Gasteiger partial charge in [-0.15, -0.1) is 0 Å². The molecule has 0 saturated heterocycles. The summed E-state index contributed by atoms with van der Waals surface area (Å²) in [7, 11) is 0. The lowest BCUT2D eigenvalue weighted by Gasteiger charge is -2.05. The fourth-order valence-electron chi connectivity index (χ4n) is 1.83. The molecule has 2 heterocycles. The third-order valence-corrected chi connectivity index (χ3v) is 3.08. The van der Waals surface area contributed by atoms with Crippen LogP contribution in [0, 0.1) is 4.84 Å². The molecule has 1 aromatic carbocycles. The summed E-state index contributed by atoms with van der Waals surface area (Å²) >= 11 is 11.0. The van der Waals surface area contributed by atoms with E-state index in [9.17, 15) is 5.11 Å². The van der Waals surface area contributed by atoms with Gasteiger partial charge in [0.15, 0.2) is 0 Å². The number of nitrogens with one attached hydrogen (secondary N) is 1. The monoisotopic (exact) mass is 278 g/mol. The van der Waals surface area contributed by atoms with Crippen LogP contribution in [-0.4, -0.2) is 15.1 Å². The van der Waals surface area contributed by atoms with Crippen molar-refractivity contribution in [3.05, 3.63) is 40.3 Å². The summed E-state index contributed by atoms with van der Waals surface area (Å²) < 4.78 is 5.27. The summed E-state index contributed by atoms with van der Waals surface area (Å²) in [5.74, 6) is 0.0503. The van der Waals surface area contributed by atoms with Crippen molar-refractivity contribution in [3.63, 3.8) is 0 Å². The van der Waals surface area contributed by atoms with Crippen molar-refractivity contribution < 1.29 is 9.52 Å². The van der Waals surface area contributed by atoms with Gasteiger partial charge in [0.2, 0.25) is 11.6 Å². The van der Waals surface area contributed by atoms with Crippen molar-refractivity contribution in [1.29, 1.82) is 0 Å². The summed E-state index contributed by atoms with van der Waals surface area (Å²) in [6.07, 6.45) is 1.65. The lowest BCUT2D eigenvalue weighted by molar-refractivity contribution is 0.453. The van der Waals surface area contributed by atoms with Crippen LogP contribution >= 0.6 is 23.8 Å². The molecule has 90 valence electrons. The highest BCUT2D eigenvalue weighted by Crippen LogP contribution is 2.38. The lowest BCUT2D eigenvalue weighted by atomic mass is 10.1. The maximum absolute atomic E-state index is 9.77. The minimum absolute atomic E-state index is 0.0894. The number of fused-ring (bicyclic) bond motifs is 1. The van der Waals surface area contributed by atoms with Crippen LogP contribution in [0.25, 0.3) is 22.2 Å². The van der Waals surface area contributed by atoms with Crippen LogP contribution in [-0.2, 0) is 0 Å². The second kappa shape index (κ2) is 4.12. The zero-order chi connectivity index (χ0) is 12.7. The Bertz CT molecular complexity index is 794. The van der Waals surface area contributed by atoms with E-state index in [1.54, 1.807) is 12.3 Å². The number of pyridine rings is 1. The molecule has 0 aliphatic rings. The van der Waals surface area contributed by atoms with E-state index in [2.05, 4.69) is 9.97 Å². The van der Waals surface area contributed by atoms with Crippen molar-refractivity contribution in [1.82, 2.24) is 9.97 Å². The van der Waals surface area contributed by atoms with Crippen LogP contribution in [0.3, 0.4) is 0 Å². The number of hydrogen-bond donors (Lipinski definition) is 2. The molecule has 0 atom stereocenters. The molecule has 2 aromatic heterocycles. The Balaban J connectivity index is 2.44. The number of aromatic hydroxyl groups is 1. The van der Waals surface area contributed by atoms with Gasteiger partial charge in [0.05, 0.1) is 16.1 Å². The molecule has 0 unspecified atom stereocenters. The van der Waals surface area contributed by atoms with Crippen LogP contribution < -0.4 is 0 Å². The number of nitrogens with zero attached hydrogens (tertiary/aromatic N) is 1. The molecule has 0 bridgehead atoms.